The van der Waals surface area contributed by atoms with E-state index in [-0.39, 0.29) is 0 Å². The van der Waals surface area contributed by atoms with Gasteiger partial charge in [0, 0.05) is 53.4 Å². The smallest absolute Gasteiger partial charge is 0.0619 e. The van der Waals surface area contributed by atoms with Crippen molar-refractivity contribution in [3.8, 4) is 50.2 Å². The second kappa shape index (κ2) is 15.5. The fraction of sp³-hybridized carbons (Fsp3) is 0. The zero-order valence-corrected chi connectivity index (χ0v) is 35.2. The zero-order valence-electron chi connectivity index (χ0n) is 34.4. The molecule has 2 nitrogen and oxygen atoms in total. The van der Waals surface area contributed by atoms with Crippen molar-refractivity contribution >= 4 is 70.4 Å². The first kappa shape index (κ1) is 36.8. The second-order valence-electron chi connectivity index (χ2n) is 16.0. The van der Waals surface area contributed by atoms with Crippen molar-refractivity contribution in [1.29, 1.82) is 0 Å². The summed E-state index contributed by atoms with van der Waals surface area (Å²) in [5, 5.41) is 5.01. The monoisotopic (exact) mass is 820 g/mol. The van der Waals surface area contributed by atoms with Crippen LogP contribution in [0.5, 0.6) is 0 Å². The fourth-order valence-electron chi connectivity index (χ4n) is 9.68. The van der Waals surface area contributed by atoms with E-state index in [4.69, 9.17) is 0 Å². The van der Waals surface area contributed by atoms with E-state index in [0.29, 0.717) is 0 Å². The summed E-state index contributed by atoms with van der Waals surface area (Å²) in [6, 6.07) is 88.5. The number of fused-ring (bicyclic) bond motifs is 6. The normalized spacial score (nSPS) is 11.5. The fourth-order valence-corrected chi connectivity index (χ4v) is 10.8. The van der Waals surface area contributed by atoms with Gasteiger partial charge in [0.15, 0.2) is 0 Å². The first-order chi connectivity index (χ1) is 31.3. The van der Waals surface area contributed by atoms with Gasteiger partial charge in [-0.1, -0.05) is 188 Å². The SMILES string of the molecule is c1ccc(-c2ccccc2-c2c(-c3ccccc3)cccc2N(c2ccc(-c3cccc4c5ccccc5n(-c5ccccc5)c34)cc2)c2cccc3sc4ccccc4c23)cc1. The lowest BCUT2D eigenvalue weighted by Gasteiger charge is -2.30. The van der Waals surface area contributed by atoms with Crippen LogP contribution in [0.25, 0.3) is 92.2 Å². The first-order valence-corrected chi connectivity index (χ1v) is 22.3. The lowest BCUT2D eigenvalue weighted by molar-refractivity contribution is 1.18. The summed E-state index contributed by atoms with van der Waals surface area (Å²) < 4.78 is 4.97. The van der Waals surface area contributed by atoms with Crippen LogP contribution in [-0.2, 0) is 0 Å². The molecule has 0 radical (unpaired) electrons. The summed E-state index contributed by atoms with van der Waals surface area (Å²) >= 11 is 1.86. The van der Waals surface area contributed by atoms with Crippen LogP contribution < -0.4 is 4.90 Å². The summed E-state index contributed by atoms with van der Waals surface area (Å²) in [6.45, 7) is 0. The molecule has 0 saturated carbocycles. The average molecular weight is 821 g/mol. The number of para-hydroxylation sites is 3. The number of benzene rings is 10. The van der Waals surface area contributed by atoms with Crippen LogP contribution in [0, 0.1) is 0 Å². The predicted octanol–water partition coefficient (Wildman–Crippen LogP) is 17.3. The van der Waals surface area contributed by atoms with Gasteiger partial charge >= 0.3 is 0 Å². The molecule has 0 aliphatic heterocycles. The molecule has 2 aromatic heterocycles. The number of hydrogen-bond donors (Lipinski definition) is 0. The van der Waals surface area contributed by atoms with Crippen molar-refractivity contribution in [1.82, 2.24) is 4.57 Å². The van der Waals surface area contributed by atoms with Crippen LogP contribution in [-0.4, -0.2) is 4.57 Å². The standard InChI is InChI=1S/C60H40N2S/c1-4-19-41(20-5-1)46-25-10-11-27-50(46)58-47(42-21-6-2-7-22-42)29-17-33-54(58)61(55-34-18-36-57-59(55)52-28-13-15-35-56(52)63-57)45-39-37-43(38-40-45)48-30-16-31-51-49-26-12-14-32-53(49)62(60(48)51)44-23-8-3-9-24-44/h1-40H. The number of aromatic nitrogens is 1. The van der Waals surface area contributed by atoms with Gasteiger partial charge in [0.2, 0.25) is 0 Å². The maximum absolute atomic E-state index is 2.51. The van der Waals surface area contributed by atoms with Crippen molar-refractivity contribution in [2.75, 3.05) is 4.90 Å². The van der Waals surface area contributed by atoms with Gasteiger partial charge in [-0.05, 0) is 88.0 Å². The van der Waals surface area contributed by atoms with Crippen LogP contribution >= 0.6 is 11.3 Å². The third-order valence-corrected chi connectivity index (χ3v) is 13.6. The minimum atomic E-state index is 1.08. The van der Waals surface area contributed by atoms with Crippen LogP contribution in [0.15, 0.2) is 243 Å². The first-order valence-electron chi connectivity index (χ1n) is 21.5. The Morgan fingerprint density at radius 2 is 0.857 bits per heavy atom. The van der Waals surface area contributed by atoms with Gasteiger partial charge in [0.1, 0.15) is 0 Å². The Bertz CT molecular complexity index is 3600. The highest BCUT2D eigenvalue weighted by molar-refractivity contribution is 7.26. The van der Waals surface area contributed by atoms with Gasteiger partial charge in [0.25, 0.3) is 0 Å². The molecule has 12 rings (SSSR count). The van der Waals surface area contributed by atoms with E-state index in [2.05, 4.69) is 252 Å². The molecule has 12 aromatic rings. The van der Waals surface area contributed by atoms with Gasteiger partial charge < -0.3 is 9.47 Å². The van der Waals surface area contributed by atoms with Crippen LogP contribution in [0.4, 0.5) is 17.1 Å². The molecule has 0 saturated heterocycles. The molecular weight excluding hydrogens is 781 g/mol. The van der Waals surface area contributed by atoms with E-state index < -0.39 is 0 Å². The predicted molar refractivity (Wildman–Crippen MR) is 270 cm³/mol. The molecule has 0 bridgehead atoms. The summed E-state index contributed by atoms with van der Waals surface area (Å²) in [7, 11) is 0. The topological polar surface area (TPSA) is 8.17 Å². The van der Waals surface area contributed by atoms with E-state index in [0.717, 1.165) is 28.3 Å². The number of thiophene rings is 1. The Kier molecular flexibility index (Phi) is 9.06. The molecule has 0 N–H and O–H groups in total. The molecule has 0 amide bonds. The number of rotatable bonds is 8. The Hall–Kier alpha value is -7.98. The Morgan fingerprint density at radius 3 is 1.63 bits per heavy atom. The third kappa shape index (κ3) is 6.24. The molecule has 0 aliphatic rings. The second-order valence-corrected chi connectivity index (χ2v) is 17.1. The zero-order chi connectivity index (χ0) is 41.7. The molecular formula is C60H40N2S. The molecule has 2 heterocycles. The molecule has 0 fully saturated rings. The molecule has 0 atom stereocenters. The number of hydrogen-bond acceptors (Lipinski definition) is 2. The van der Waals surface area contributed by atoms with Gasteiger partial charge in [-0.15, -0.1) is 11.3 Å². The number of anilines is 3. The van der Waals surface area contributed by atoms with Crippen molar-refractivity contribution in [2.45, 2.75) is 0 Å². The van der Waals surface area contributed by atoms with Crippen molar-refractivity contribution in [3.05, 3.63) is 243 Å². The summed E-state index contributed by atoms with van der Waals surface area (Å²) in [4.78, 5) is 2.51. The maximum Gasteiger partial charge on any atom is 0.0619 e. The average Bonchev–Trinajstić information content (AvgIpc) is 3.92. The molecule has 0 aliphatic carbocycles. The van der Waals surface area contributed by atoms with Crippen LogP contribution in [0.1, 0.15) is 0 Å². The highest BCUT2D eigenvalue weighted by Gasteiger charge is 2.25. The third-order valence-electron chi connectivity index (χ3n) is 12.4. The van der Waals surface area contributed by atoms with E-state index in [9.17, 15) is 0 Å². The van der Waals surface area contributed by atoms with E-state index in [1.54, 1.807) is 0 Å². The van der Waals surface area contributed by atoms with E-state index in [1.807, 2.05) is 11.3 Å². The highest BCUT2D eigenvalue weighted by atomic mass is 32.1. The summed E-state index contributed by atoms with van der Waals surface area (Å²) in [6.07, 6.45) is 0. The van der Waals surface area contributed by atoms with E-state index in [1.165, 1.54) is 80.9 Å². The highest BCUT2D eigenvalue weighted by Crippen LogP contribution is 2.51. The van der Waals surface area contributed by atoms with Gasteiger partial charge in [-0.3, -0.25) is 0 Å². The quantitative estimate of drug-likeness (QED) is 0.148. The molecule has 63 heavy (non-hydrogen) atoms. The molecule has 296 valence electrons. The van der Waals surface area contributed by atoms with E-state index >= 15 is 0 Å². The molecule has 10 aromatic carbocycles. The lowest BCUT2D eigenvalue weighted by Crippen LogP contribution is -2.12. The Balaban J connectivity index is 1.13. The van der Waals surface area contributed by atoms with Crippen LogP contribution in [0.3, 0.4) is 0 Å². The minimum absolute atomic E-state index is 1.08. The minimum Gasteiger partial charge on any atom is -0.309 e. The van der Waals surface area contributed by atoms with Gasteiger partial charge in [0.05, 0.1) is 22.4 Å². The van der Waals surface area contributed by atoms with Gasteiger partial charge in [-0.2, -0.15) is 0 Å². The largest absolute Gasteiger partial charge is 0.309 e. The van der Waals surface area contributed by atoms with Gasteiger partial charge in [-0.25, -0.2) is 0 Å². The van der Waals surface area contributed by atoms with Crippen molar-refractivity contribution in [2.24, 2.45) is 0 Å². The summed E-state index contributed by atoms with van der Waals surface area (Å²) in [5.41, 5.74) is 16.4. The summed E-state index contributed by atoms with van der Waals surface area (Å²) in [5.74, 6) is 0. The Labute approximate surface area is 370 Å². The lowest BCUT2D eigenvalue weighted by atomic mass is 9.87. The van der Waals surface area contributed by atoms with Crippen LogP contribution in [0.2, 0.25) is 0 Å². The molecule has 0 spiro atoms. The number of nitrogens with zero attached hydrogens (tertiary/aromatic N) is 2. The van der Waals surface area contributed by atoms with Crippen molar-refractivity contribution in [3.63, 3.8) is 0 Å². The van der Waals surface area contributed by atoms with Crippen molar-refractivity contribution < 1.29 is 0 Å². The maximum atomic E-state index is 2.51. The Morgan fingerprint density at radius 1 is 0.333 bits per heavy atom. The molecule has 3 heteroatoms. The molecule has 0 unspecified atom stereocenters.